The summed E-state index contributed by atoms with van der Waals surface area (Å²) in [4.78, 5) is 0. The molecule has 0 aliphatic carbocycles. The number of hydrogen-bond acceptors (Lipinski definition) is 3. The van der Waals surface area contributed by atoms with Crippen LogP contribution in [-0.4, -0.2) is 16.3 Å². The fourth-order valence-electron chi connectivity index (χ4n) is 2.34. The van der Waals surface area contributed by atoms with Crippen molar-refractivity contribution in [2.45, 2.75) is 45.7 Å². The molecule has 1 atom stereocenters. The third-order valence-corrected chi connectivity index (χ3v) is 4.60. The first-order valence-corrected chi connectivity index (χ1v) is 8.95. The standard InChI is InChI=1S/C15H22BrN3S/c1-3-6-17-14(9-12-5-8-20-11-12)15-13(16)10-18-19(15)7-4-2/h5,8,10-11,14,17H,3-4,6-7,9H2,1-2H3. The van der Waals surface area contributed by atoms with Crippen LogP contribution in [0.25, 0.3) is 0 Å². The first kappa shape index (κ1) is 15.7. The fourth-order valence-corrected chi connectivity index (χ4v) is 3.59. The second kappa shape index (κ2) is 7.96. The molecule has 5 heteroatoms. The molecule has 0 aliphatic heterocycles. The van der Waals surface area contributed by atoms with E-state index in [2.05, 4.69) is 61.7 Å². The predicted molar refractivity (Wildman–Crippen MR) is 89.3 cm³/mol. The van der Waals surface area contributed by atoms with Crippen molar-refractivity contribution in [3.05, 3.63) is 38.8 Å². The first-order valence-electron chi connectivity index (χ1n) is 7.21. The molecule has 0 amide bonds. The number of aryl methyl sites for hydroxylation is 1. The zero-order valence-electron chi connectivity index (χ0n) is 12.1. The fraction of sp³-hybridized carbons (Fsp3) is 0.533. The molecule has 0 aliphatic rings. The van der Waals surface area contributed by atoms with Gasteiger partial charge in [-0.15, -0.1) is 0 Å². The molecule has 1 unspecified atom stereocenters. The van der Waals surface area contributed by atoms with E-state index in [1.807, 2.05) is 6.20 Å². The van der Waals surface area contributed by atoms with Gasteiger partial charge in [-0.25, -0.2) is 0 Å². The monoisotopic (exact) mass is 355 g/mol. The Bertz CT molecular complexity index is 507. The third kappa shape index (κ3) is 3.93. The smallest absolute Gasteiger partial charge is 0.0699 e. The zero-order chi connectivity index (χ0) is 14.4. The Morgan fingerprint density at radius 3 is 2.90 bits per heavy atom. The minimum absolute atomic E-state index is 0.313. The van der Waals surface area contributed by atoms with Gasteiger partial charge in [0.05, 0.1) is 22.4 Å². The van der Waals surface area contributed by atoms with E-state index >= 15 is 0 Å². The molecule has 0 spiro atoms. The predicted octanol–water partition coefficient (Wildman–Crippen LogP) is 4.40. The highest BCUT2D eigenvalue weighted by atomic mass is 79.9. The van der Waals surface area contributed by atoms with Crippen LogP contribution in [0.4, 0.5) is 0 Å². The lowest BCUT2D eigenvalue weighted by molar-refractivity contribution is 0.467. The summed E-state index contributed by atoms with van der Waals surface area (Å²) in [6.07, 6.45) is 5.16. The number of nitrogens with zero attached hydrogens (tertiary/aromatic N) is 2. The average molecular weight is 356 g/mol. The first-order chi connectivity index (χ1) is 9.76. The van der Waals surface area contributed by atoms with Crippen molar-refractivity contribution in [1.82, 2.24) is 15.1 Å². The molecule has 2 aromatic rings. The van der Waals surface area contributed by atoms with E-state index in [1.165, 1.54) is 11.3 Å². The Kier molecular flexibility index (Phi) is 6.26. The summed E-state index contributed by atoms with van der Waals surface area (Å²) < 4.78 is 3.24. The molecule has 0 bridgehead atoms. The molecule has 0 saturated carbocycles. The minimum Gasteiger partial charge on any atom is -0.308 e. The van der Waals surface area contributed by atoms with Crippen LogP contribution in [0.5, 0.6) is 0 Å². The van der Waals surface area contributed by atoms with E-state index in [4.69, 9.17) is 0 Å². The van der Waals surface area contributed by atoms with Gasteiger partial charge >= 0.3 is 0 Å². The molecule has 2 heterocycles. The van der Waals surface area contributed by atoms with Crippen LogP contribution in [0.1, 0.15) is 44.0 Å². The van der Waals surface area contributed by atoms with Crippen molar-refractivity contribution >= 4 is 27.3 Å². The lowest BCUT2D eigenvalue weighted by Gasteiger charge is -2.20. The van der Waals surface area contributed by atoms with Crippen molar-refractivity contribution in [3.8, 4) is 0 Å². The van der Waals surface area contributed by atoms with Crippen LogP contribution in [0.3, 0.4) is 0 Å². The normalized spacial score (nSPS) is 12.8. The van der Waals surface area contributed by atoms with E-state index in [-0.39, 0.29) is 0 Å². The summed E-state index contributed by atoms with van der Waals surface area (Å²) in [6.45, 7) is 6.38. The summed E-state index contributed by atoms with van der Waals surface area (Å²) in [5.74, 6) is 0. The van der Waals surface area contributed by atoms with E-state index in [9.17, 15) is 0 Å². The van der Waals surface area contributed by atoms with Crippen LogP contribution >= 0.6 is 27.3 Å². The van der Waals surface area contributed by atoms with Gasteiger partial charge in [0.25, 0.3) is 0 Å². The van der Waals surface area contributed by atoms with Gasteiger partial charge in [-0.3, -0.25) is 4.68 Å². The van der Waals surface area contributed by atoms with Gasteiger partial charge in [0.2, 0.25) is 0 Å². The lowest BCUT2D eigenvalue weighted by Crippen LogP contribution is -2.27. The Labute approximate surface area is 133 Å². The molecular weight excluding hydrogens is 334 g/mol. The second-order valence-electron chi connectivity index (χ2n) is 4.94. The van der Waals surface area contributed by atoms with Crippen molar-refractivity contribution < 1.29 is 0 Å². The topological polar surface area (TPSA) is 29.9 Å². The van der Waals surface area contributed by atoms with Crippen molar-refractivity contribution in [1.29, 1.82) is 0 Å². The maximum Gasteiger partial charge on any atom is 0.0699 e. The largest absolute Gasteiger partial charge is 0.308 e. The average Bonchev–Trinajstić information content (AvgIpc) is 3.06. The Balaban J connectivity index is 2.22. The molecule has 0 aromatic carbocycles. The van der Waals surface area contributed by atoms with Crippen molar-refractivity contribution in [2.24, 2.45) is 0 Å². The molecule has 0 fully saturated rings. The van der Waals surface area contributed by atoms with Gasteiger partial charge in [0.1, 0.15) is 0 Å². The third-order valence-electron chi connectivity index (χ3n) is 3.26. The number of halogens is 1. The van der Waals surface area contributed by atoms with Gasteiger partial charge in [-0.05, 0) is 64.1 Å². The van der Waals surface area contributed by atoms with Gasteiger partial charge in [0, 0.05) is 6.54 Å². The van der Waals surface area contributed by atoms with Crippen LogP contribution < -0.4 is 5.32 Å². The maximum absolute atomic E-state index is 4.50. The van der Waals surface area contributed by atoms with Gasteiger partial charge in [0.15, 0.2) is 0 Å². The van der Waals surface area contributed by atoms with E-state index in [0.717, 1.165) is 36.8 Å². The summed E-state index contributed by atoms with van der Waals surface area (Å²) in [5, 5.41) is 12.5. The zero-order valence-corrected chi connectivity index (χ0v) is 14.5. The Morgan fingerprint density at radius 1 is 1.40 bits per heavy atom. The number of hydrogen-bond donors (Lipinski definition) is 1. The lowest BCUT2D eigenvalue weighted by atomic mass is 10.1. The van der Waals surface area contributed by atoms with E-state index in [1.54, 1.807) is 11.3 Å². The molecular formula is C15H22BrN3S. The minimum atomic E-state index is 0.313. The number of rotatable bonds is 8. The van der Waals surface area contributed by atoms with E-state index < -0.39 is 0 Å². The number of nitrogens with one attached hydrogen (secondary N) is 1. The van der Waals surface area contributed by atoms with Crippen LogP contribution in [0.2, 0.25) is 0 Å². The quantitative estimate of drug-likeness (QED) is 0.760. The highest BCUT2D eigenvalue weighted by Crippen LogP contribution is 2.27. The Morgan fingerprint density at radius 2 is 2.25 bits per heavy atom. The summed E-state index contributed by atoms with van der Waals surface area (Å²) in [6, 6.07) is 2.52. The molecule has 0 saturated heterocycles. The number of thiophene rings is 1. The highest BCUT2D eigenvalue weighted by molar-refractivity contribution is 9.10. The molecule has 0 radical (unpaired) electrons. The summed E-state index contributed by atoms with van der Waals surface area (Å²) >= 11 is 5.42. The Hall–Kier alpha value is -0.650. The number of aromatic nitrogens is 2. The molecule has 110 valence electrons. The molecule has 2 aromatic heterocycles. The highest BCUT2D eigenvalue weighted by Gasteiger charge is 2.20. The van der Waals surface area contributed by atoms with E-state index in [0.29, 0.717) is 6.04 Å². The molecule has 3 nitrogen and oxygen atoms in total. The summed E-state index contributed by atoms with van der Waals surface area (Å²) in [7, 11) is 0. The molecule has 2 rings (SSSR count). The molecule has 20 heavy (non-hydrogen) atoms. The van der Waals surface area contributed by atoms with Crippen LogP contribution in [0, 0.1) is 0 Å². The second-order valence-corrected chi connectivity index (χ2v) is 6.58. The van der Waals surface area contributed by atoms with Crippen LogP contribution in [0.15, 0.2) is 27.5 Å². The van der Waals surface area contributed by atoms with Gasteiger partial charge in [-0.2, -0.15) is 16.4 Å². The van der Waals surface area contributed by atoms with Gasteiger partial charge in [-0.1, -0.05) is 13.8 Å². The summed E-state index contributed by atoms with van der Waals surface area (Å²) in [5.41, 5.74) is 2.66. The van der Waals surface area contributed by atoms with Crippen molar-refractivity contribution in [2.75, 3.05) is 6.54 Å². The molecule has 1 N–H and O–H groups in total. The maximum atomic E-state index is 4.50. The van der Waals surface area contributed by atoms with Gasteiger partial charge < -0.3 is 5.32 Å². The van der Waals surface area contributed by atoms with Crippen LogP contribution in [-0.2, 0) is 13.0 Å². The SMILES string of the molecule is CCCNC(Cc1ccsc1)c1c(Br)cnn1CCC. The van der Waals surface area contributed by atoms with Crippen molar-refractivity contribution in [3.63, 3.8) is 0 Å².